The van der Waals surface area contributed by atoms with Gasteiger partial charge in [0, 0.05) is 18.5 Å². The van der Waals surface area contributed by atoms with E-state index in [4.69, 9.17) is 14.6 Å². The molecule has 35 heavy (non-hydrogen) atoms. The molecule has 2 N–H and O–H groups in total. The van der Waals surface area contributed by atoms with Crippen LogP contribution in [0.2, 0.25) is 0 Å². The lowest BCUT2D eigenvalue weighted by molar-refractivity contribution is -0.137. The average Bonchev–Trinajstić information content (AvgIpc) is 2.82. The summed E-state index contributed by atoms with van der Waals surface area (Å²) in [6.45, 7) is 11.1. The van der Waals surface area contributed by atoms with Crippen molar-refractivity contribution >= 4 is 11.9 Å². The minimum Gasteiger partial charge on any atom is -0.493 e. The topological polar surface area (TPSA) is 84.9 Å². The van der Waals surface area contributed by atoms with E-state index in [1.165, 1.54) is 5.57 Å². The van der Waals surface area contributed by atoms with Gasteiger partial charge in [0.15, 0.2) is 0 Å². The number of nitrogens with one attached hydrogen (secondary N) is 1. The minimum absolute atomic E-state index is 0.0194. The van der Waals surface area contributed by atoms with Crippen molar-refractivity contribution in [3.05, 3.63) is 89.7 Å². The van der Waals surface area contributed by atoms with Gasteiger partial charge in [-0.15, -0.1) is 0 Å². The maximum Gasteiger partial charge on any atom is 0.303 e. The number of carboxylic acid groups (broad SMARTS) is 1. The van der Waals surface area contributed by atoms with E-state index in [1.807, 2.05) is 24.3 Å². The van der Waals surface area contributed by atoms with Gasteiger partial charge in [-0.25, -0.2) is 0 Å². The van der Waals surface area contributed by atoms with Crippen molar-refractivity contribution in [1.82, 2.24) is 5.32 Å². The van der Waals surface area contributed by atoms with Crippen LogP contribution in [0, 0.1) is 5.92 Å². The highest BCUT2D eigenvalue weighted by Gasteiger charge is 2.17. The molecule has 1 aliphatic rings. The van der Waals surface area contributed by atoms with Gasteiger partial charge in [0.25, 0.3) is 5.91 Å². The number of benzene rings is 1. The number of rotatable bonds is 14. The second-order valence-corrected chi connectivity index (χ2v) is 8.98. The molecule has 1 amide bonds. The predicted octanol–water partition coefficient (Wildman–Crippen LogP) is 5.99. The number of carbonyl (C=O) groups is 2. The zero-order valence-electron chi connectivity index (χ0n) is 21.0. The molecule has 0 fully saturated rings. The van der Waals surface area contributed by atoms with E-state index in [9.17, 15) is 9.59 Å². The summed E-state index contributed by atoms with van der Waals surface area (Å²) < 4.78 is 11.7. The van der Waals surface area contributed by atoms with Crippen molar-refractivity contribution in [3.8, 4) is 5.75 Å². The van der Waals surface area contributed by atoms with Gasteiger partial charge >= 0.3 is 5.97 Å². The molecule has 0 heterocycles. The van der Waals surface area contributed by atoms with Crippen molar-refractivity contribution < 1.29 is 24.2 Å². The van der Waals surface area contributed by atoms with Gasteiger partial charge in [-0.3, -0.25) is 9.59 Å². The Balaban J connectivity index is 1.91. The van der Waals surface area contributed by atoms with Crippen molar-refractivity contribution in [2.24, 2.45) is 5.92 Å². The molecule has 1 aromatic carbocycles. The summed E-state index contributed by atoms with van der Waals surface area (Å²) in [5.41, 5.74) is 3.46. The third-order valence-corrected chi connectivity index (χ3v) is 5.28. The highest BCUT2D eigenvalue weighted by atomic mass is 16.5. The van der Waals surface area contributed by atoms with Crippen LogP contribution in [0.25, 0.3) is 0 Å². The van der Waals surface area contributed by atoms with Crippen molar-refractivity contribution in [1.29, 1.82) is 0 Å². The van der Waals surface area contributed by atoms with Gasteiger partial charge in [0.1, 0.15) is 5.75 Å². The maximum atomic E-state index is 12.9. The van der Waals surface area contributed by atoms with Crippen LogP contribution in [-0.2, 0) is 9.53 Å². The summed E-state index contributed by atoms with van der Waals surface area (Å²) in [5, 5.41) is 11.7. The largest absolute Gasteiger partial charge is 0.493 e. The summed E-state index contributed by atoms with van der Waals surface area (Å²) in [7, 11) is 0. The fraction of sp³-hybridized carbons (Fsp3) is 0.379. The Labute approximate surface area is 208 Å². The first-order valence-electron chi connectivity index (χ1n) is 12.0. The summed E-state index contributed by atoms with van der Waals surface area (Å²) in [5.74, 6) is -0.110. The van der Waals surface area contributed by atoms with E-state index in [2.05, 4.69) is 38.7 Å². The fourth-order valence-electron chi connectivity index (χ4n) is 3.59. The van der Waals surface area contributed by atoms with Gasteiger partial charge in [0.2, 0.25) is 0 Å². The first kappa shape index (κ1) is 27.9. The van der Waals surface area contributed by atoms with Gasteiger partial charge in [-0.2, -0.15) is 0 Å². The number of hydrogen-bond acceptors (Lipinski definition) is 4. The van der Waals surface area contributed by atoms with Gasteiger partial charge < -0.3 is 19.9 Å². The molecule has 2 rings (SSSR count). The van der Waals surface area contributed by atoms with Crippen LogP contribution in [0.15, 0.2) is 84.1 Å². The standard InChI is InChI=1S/C29H37NO5/c1-5-23(16-15-22(4)18-21(2)3)20-35-25-11-8-10-24(19-25)30-29(33)26-12-6-7-13-27(26)34-17-9-14-28(31)32/h5-8,10-13,15-16,21,25H,1,9,14,17-20H2,2-4H3,(H,30,33)(H,31,32)/b22-15+,23-16+. The van der Waals surface area contributed by atoms with Crippen LogP contribution in [0.1, 0.15) is 56.8 Å². The first-order chi connectivity index (χ1) is 16.8. The first-order valence-corrected chi connectivity index (χ1v) is 12.0. The average molecular weight is 480 g/mol. The molecule has 0 bridgehead atoms. The highest BCUT2D eigenvalue weighted by Crippen LogP contribution is 2.21. The molecule has 0 aliphatic heterocycles. The molecule has 1 atom stereocenters. The summed E-state index contributed by atoms with van der Waals surface area (Å²) in [6, 6.07) is 6.93. The number of ether oxygens (including phenoxy) is 2. The number of allylic oxidation sites excluding steroid dienone is 5. The Morgan fingerprint density at radius 2 is 2.03 bits per heavy atom. The van der Waals surface area contributed by atoms with Gasteiger partial charge in [-0.05, 0) is 49.5 Å². The van der Waals surface area contributed by atoms with Crippen molar-refractivity contribution in [2.75, 3.05) is 13.2 Å². The van der Waals surface area contributed by atoms with E-state index in [-0.39, 0.29) is 25.0 Å². The van der Waals surface area contributed by atoms with Crippen LogP contribution >= 0.6 is 0 Å². The minimum atomic E-state index is -0.873. The molecule has 6 nitrogen and oxygen atoms in total. The molecule has 1 unspecified atom stereocenters. The number of aliphatic carboxylic acids is 1. The Morgan fingerprint density at radius 1 is 1.26 bits per heavy atom. The number of amides is 1. The van der Waals surface area contributed by atoms with Crippen LogP contribution in [0.5, 0.6) is 5.75 Å². The monoisotopic (exact) mass is 479 g/mol. The summed E-state index contributed by atoms with van der Waals surface area (Å²) in [4.78, 5) is 23.6. The maximum absolute atomic E-state index is 12.9. The van der Waals surface area contributed by atoms with E-state index < -0.39 is 5.97 Å². The third-order valence-electron chi connectivity index (χ3n) is 5.28. The lowest BCUT2D eigenvalue weighted by atomic mass is 10.0. The molecular weight excluding hydrogens is 442 g/mol. The summed E-state index contributed by atoms with van der Waals surface area (Å²) in [6.07, 6.45) is 13.5. The molecule has 0 radical (unpaired) electrons. The second-order valence-electron chi connectivity index (χ2n) is 8.98. The quantitative estimate of drug-likeness (QED) is 0.253. The van der Waals surface area contributed by atoms with Crippen molar-refractivity contribution in [2.45, 2.75) is 52.6 Å². The molecule has 0 aromatic heterocycles. The van der Waals surface area contributed by atoms with Crippen LogP contribution in [0.3, 0.4) is 0 Å². The molecule has 0 saturated heterocycles. The lowest BCUT2D eigenvalue weighted by Gasteiger charge is -2.20. The lowest BCUT2D eigenvalue weighted by Crippen LogP contribution is -2.27. The Morgan fingerprint density at radius 3 is 2.74 bits per heavy atom. The summed E-state index contributed by atoms with van der Waals surface area (Å²) >= 11 is 0. The van der Waals surface area contributed by atoms with Gasteiger partial charge in [-0.1, -0.05) is 68.5 Å². The number of carbonyl (C=O) groups excluding carboxylic acids is 1. The molecule has 0 spiro atoms. The van der Waals surface area contributed by atoms with Crippen LogP contribution in [0.4, 0.5) is 0 Å². The van der Waals surface area contributed by atoms with Crippen LogP contribution in [-0.4, -0.2) is 36.3 Å². The molecule has 188 valence electrons. The molecular formula is C29H37NO5. The van der Waals surface area contributed by atoms with E-state index in [1.54, 1.807) is 30.3 Å². The predicted molar refractivity (Wildman–Crippen MR) is 139 cm³/mol. The van der Waals surface area contributed by atoms with Gasteiger partial charge in [0.05, 0.1) is 24.9 Å². The Kier molecular flexibility index (Phi) is 11.8. The zero-order valence-corrected chi connectivity index (χ0v) is 21.0. The van der Waals surface area contributed by atoms with Crippen molar-refractivity contribution in [3.63, 3.8) is 0 Å². The van der Waals surface area contributed by atoms with E-state index in [0.29, 0.717) is 36.7 Å². The fourth-order valence-corrected chi connectivity index (χ4v) is 3.59. The SMILES string of the molecule is C=C/C(=C\C=C(/C)CC(C)C)COC1C=CC=C(NC(=O)c2ccccc2OCCCC(=O)O)C1. The second kappa shape index (κ2) is 14.8. The van der Waals surface area contributed by atoms with E-state index >= 15 is 0 Å². The van der Waals surface area contributed by atoms with Crippen LogP contribution < -0.4 is 10.1 Å². The Hall–Kier alpha value is -3.38. The Bertz CT molecular complexity index is 1000. The zero-order chi connectivity index (χ0) is 25.6. The molecule has 0 saturated carbocycles. The smallest absolute Gasteiger partial charge is 0.303 e. The number of hydrogen-bond donors (Lipinski definition) is 2. The third kappa shape index (κ3) is 10.6. The molecule has 1 aromatic rings. The number of carboxylic acids is 1. The number of para-hydroxylation sites is 1. The van der Waals surface area contributed by atoms with E-state index in [0.717, 1.165) is 17.7 Å². The normalized spacial score (nSPS) is 16.1. The highest BCUT2D eigenvalue weighted by molar-refractivity contribution is 5.98. The molecule has 6 heteroatoms. The molecule has 1 aliphatic carbocycles.